The summed E-state index contributed by atoms with van der Waals surface area (Å²) < 4.78 is 5.20. The highest BCUT2D eigenvalue weighted by molar-refractivity contribution is 5.85. The molecule has 0 aliphatic rings. The lowest BCUT2D eigenvalue weighted by molar-refractivity contribution is 0.112. The van der Waals surface area contributed by atoms with Crippen LogP contribution < -0.4 is 0 Å². The number of aryl methyl sites for hydroxylation is 1. The third kappa shape index (κ3) is 1.31. The summed E-state index contributed by atoms with van der Waals surface area (Å²) in [5.74, 6) is 0.620. The van der Waals surface area contributed by atoms with E-state index < -0.39 is 0 Å². The molecule has 0 spiro atoms. The first-order chi connectivity index (χ1) is 6.83. The fraction of sp³-hybridized carbons (Fsp3) is 0.100. The Bertz CT molecular complexity index is 463. The minimum Gasteiger partial charge on any atom is -0.443 e. The fourth-order valence-electron chi connectivity index (χ4n) is 1.27. The topological polar surface area (TPSA) is 56.0 Å². The summed E-state index contributed by atoms with van der Waals surface area (Å²) in [4.78, 5) is 18.6. The normalized spacial score (nSPS) is 10.1. The van der Waals surface area contributed by atoms with Crippen molar-refractivity contribution in [2.75, 3.05) is 0 Å². The number of pyridine rings is 1. The van der Waals surface area contributed by atoms with E-state index >= 15 is 0 Å². The summed E-state index contributed by atoms with van der Waals surface area (Å²) in [5.41, 5.74) is 2.00. The van der Waals surface area contributed by atoms with Crippen molar-refractivity contribution in [2.24, 2.45) is 0 Å². The van der Waals surface area contributed by atoms with Crippen molar-refractivity contribution in [1.82, 2.24) is 9.97 Å². The van der Waals surface area contributed by atoms with Gasteiger partial charge in [0.25, 0.3) is 0 Å². The van der Waals surface area contributed by atoms with Crippen LogP contribution in [0.5, 0.6) is 0 Å². The summed E-state index contributed by atoms with van der Waals surface area (Å²) >= 11 is 0. The van der Waals surface area contributed by atoms with E-state index in [9.17, 15) is 4.79 Å². The molecule has 0 saturated carbocycles. The Hall–Kier alpha value is -1.97. The highest BCUT2D eigenvalue weighted by atomic mass is 16.3. The Labute approximate surface area is 80.6 Å². The fourth-order valence-corrected chi connectivity index (χ4v) is 1.27. The van der Waals surface area contributed by atoms with Crippen LogP contribution >= 0.6 is 0 Å². The van der Waals surface area contributed by atoms with Crippen LogP contribution in [0.1, 0.15) is 16.1 Å². The molecule has 0 saturated heterocycles. The van der Waals surface area contributed by atoms with Crippen molar-refractivity contribution in [3.05, 3.63) is 36.1 Å². The minimum atomic E-state index is 0.507. The summed E-state index contributed by atoms with van der Waals surface area (Å²) in [5, 5.41) is 0. The Morgan fingerprint density at radius 3 is 3.00 bits per heavy atom. The van der Waals surface area contributed by atoms with Gasteiger partial charge in [-0.3, -0.25) is 9.78 Å². The van der Waals surface area contributed by atoms with Crippen LogP contribution in [0.2, 0.25) is 0 Å². The average Bonchev–Trinajstić information content (AvgIpc) is 2.64. The molecule has 0 aliphatic heterocycles. The van der Waals surface area contributed by atoms with Crippen molar-refractivity contribution in [3.63, 3.8) is 0 Å². The molecular weight excluding hydrogens is 180 g/mol. The number of rotatable bonds is 2. The van der Waals surface area contributed by atoms with Gasteiger partial charge in [0.05, 0.1) is 5.69 Å². The number of nitrogens with zero attached hydrogens (tertiary/aromatic N) is 2. The van der Waals surface area contributed by atoms with E-state index in [0.29, 0.717) is 11.3 Å². The van der Waals surface area contributed by atoms with E-state index in [1.54, 1.807) is 12.3 Å². The van der Waals surface area contributed by atoms with Gasteiger partial charge in [-0.1, -0.05) is 0 Å². The maximum absolute atomic E-state index is 10.7. The molecular formula is C10H8N2O2. The molecule has 4 heteroatoms. The van der Waals surface area contributed by atoms with Gasteiger partial charge in [-0.2, -0.15) is 0 Å². The van der Waals surface area contributed by atoms with Gasteiger partial charge in [0.1, 0.15) is 0 Å². The molecule has 0 radical (unpaired) electrons. The average molecular weight is 188 g/mol. The zero-order chi connectivity index (χ0) is 9.97. The Morgan fingerprint density at radius 2 is 2.36 bits per heavy atom. The number of aromatic nitrogens is 2. The third-order valence-corrected chi connectivity index (χ3v) is 1.97. The molecule has 2 rings (SSSR count). The lowest BCUT2D eigenvalue weighted by atomic mass is 10.1. The second kappa shape index (κ2) is 3.41. The lowest BCUT2D eigenvalue weighted by Crippen LogP contribution is -1.88. The van der Waals surface area contributed by atoms with E-state index in [2.05, 4.69) is 9.97 Å². The van der Waals surface area contributed by atoms with Gasteiger partial charge < -0.3 is 4.42 Å². The lowest BCUT2D eigenvalue weighted by Gasteiger charge is -1.99. The number of hydrogen-bond acceptors (Lipinski definition) is 4. The first-order valence-corrected chi connectivity index (χ1v) is 4.12. The third-order valence-electron chi connectivity index (χ3n) is 1.97. The van der Waals surface area contributed by atoms with Gasteiger partial charge in [0.15, 0.2) is 18.4 Å². The van der Waals surface area contributed by atoms with Crippen LogP contribution in [-0.4, -0.2) is 16.3 Å². The number of oxazole rings is 1. The van der Waals surface area contributed by atoms with Gasteiger partial charge in [0, 0.05) is 23.5 Å². The van der Waals surface area contributed by atoms with Crippen LogP contribution in [0.3, 0.4) is 0 Å². The summed E-state index contributed by atoms with van der Waals surface area (Å²) in [6.07, 6.45) is 5.23. The SMILES string of the molecule is Cc1ncoc1-c1ccncc1C=O. The molecule has 2 aromatic heterocycles. The molecule has 0 unspecified atom stereocenters. The quantitative estimate of drug-likeness (QED) is 0.675. The van der Waals surface area contributed by atoms with Crippen molar-refractivity contribution in [3.8, 4) is 11.3 Å². The van der Waals surface area contributed by atoms with Crippen LogP contribution in [0.4, 0.5) is 0 Å². The standard InChI is InChI=1S/C10H8N2O2/c1-7-10(14-6-12-7)9-2-3-11-4-8(9)5-13/h2-6H,1H3. The number of carbonyl (C=O) groups excluding carboxylic acids is 1. The molecule has 0 amide bonds. The predicted molar refractivity (Wildman–Crippen MR) is 49.9 cm³/mol. The van der Waals surface area contributed by atoms with Crippen molar-refractivity contribution in [2.45, 2.75) is 6.92 Å². The largest absolute Gasteiger partial charge is 0.443 e. The Morgan fingerprint density at radius 1 is 1.50 bits per heavy atom. The van der Waals surface area contributed by atoms with E-state index in [4.69, 9.17) is 4.42 Å². The molecule has 2 aromatic rings. The highest BCUT2D eigenvalue weighted by Gasteiger charge is 2.10. The second-order valence-electron chi connectivity index (χ2n) is 2.85. The van der Waals surface area contributed by atoms with Crippen molar-refractivity contribution < 1.29 is 9.21 Å². The smallest absolute Gasteiger partial charge is 0.181 e. The minimum absolute atomic E-state index is 0.507. The monoisotopic (exact) mass is 188 g/mol. The molecule has 0 N–H and O–H groups in total. The predicted octanol–water partition coefficient (Wildman–Crippen LogP) is 1.86. The van der Waals surface area contributed by atoms with E-state index in [-0.39, 0.29) is 0 Å². The van der Waals surface area contributed by atoms with Crippen molar-refractivity contribution >= 4 is 6.29 Å². The van der Waals surface area contributed by atoms with Crippen LogP contribution in [0.25, 0.3) is 11.3 Å². The molecule has 0 atom stereocenters. The maximum atomic E-state index is 10.7. The van der Waals surface area contributed by atoms with Crippen molar-refractivity contribution in [1.29, 1.82) is 0 Å². The molecule has 0 bridgehead atoms. The van der Waals surface area contributed by atoms with Gasteiger partial charge in [-0.25, -0.2) is 4.98 Å². The highest BCUT2D eigenvalue weighted by Crippen LogP contribution is 2.24. The first kappa shape index (κ1) is 8.62. The molecule has 0 aromatic carbocycles. The molecule has 2 heterocycles. The number of aldehydes is 1. The number of carbonyl (C=O) groups is 1. The molecule has 14 heavy (non-hydrogen) atoms. The zero-order valence-electron chi connectivity index (χ0n) is 7.60. The second-order valence-corrected chi connectivity index (χ2v) is 2.85. The van der Waals surface area contributed by atoms with Gasteiger partial charge in [0.2, 0.25) is 0 Å². The molecule has 70 valence electrons. The summed E-state index contributed by atoms with van der Waals surface area (Å²) in [6, 6.07) is 1.73. The van der Waals surface area contributed by atoms with Gasteiger partial charge >= 0.3 is 0 Å². The van der Waals surface area contributed by atoms with E-state index in [1.807, 2.05) is 6.92 Å². The maximum Gasteiger partial charge on any atom is 0.181 e. The Balaban J connectivity index is 2.62. The summed E-state index contributed by atoms with van der Waals surface area (Å²) in [6.45, 7) is 1.83. The van der Waals surface area contributed by atoms with Crippen LogP contribution in [0, 0.1) is 6.92 Å². The molecule has 0 aliphatic carbocycles. The van der Waals surface area contributed by atoms with Gasteiger partial charge in [-0.15, -0.1) is 0 Å². The first-order valence-electron chi connectivity index (χ1n) is 4.12. The zero-order valence-corrected chi connectivity index (χ0v) is 7.60. The van der Waals surface area contributed by atoms with Crippen LogP contribution in [-0.2, 0) is 0 Å². The Kier molecular flexibility index (Phi) is 2.10. The van der Waals surface area contributed by atoms with Crippen LogP contribution in [0.15, 0.2) is 29.3 Å². The molecule has 4 nitrogen and oxygen atoms in total. The molecule has 0 fully saturated rings. The summed E-state index contributed by atoms with van der Waals surface area (Å²) in [7, 11) is 0. The number of hydrogen-bond donors (Lipinski definition) is 0. The van der Waals surface area contributed by atoms with Gasteiger partial charge in [-0.05, 0) is 13.0 Å². The van der Waals surface area contributed by atoms with E-state index in [0.717, 1.165) is 17.5 Å². The van der Waals surface area contributed by atoms with E-state index in [1.165, 1.54) is 12.6 Å².